The van der Waals surface area contributed by atoms with Crippen molar-refractivity contribution in [1.29, 1.82) is 0 Å². The zero-order valence-electron chi connectivity index (χ0n) is 11.2. The number of rotatable bonds is 2. The van der Waals surface area contributed by atoms with Crippen LogP contribution < -0.4 is 5.32 Å². The first-order valence-corrected chi connectivity index (χ1v) is 6.60. The van der Waals surface area contributed by atoms with E-state index in [-0.39, 0.29) is 11.9 Å². The summed E-state index contributed by atoms with van der Waals surface area (Å²) in [7, 11) is 2.00. The second-order valence-corrected chi connectivity index (χ2v) is 5.25. The summed E-state index contributed by atoms with van der Waals surface area (Å²) in [5, 5.41) is 11.0. The molecule has 1 aliphatic heterocycles. The van der Waals surface area contributed by atoms with Gasteiger partial charge in [0, 0.05) is 11.1 Å². The van der Waals surface area contributed by atoms with E-state index < -0.39 is 0 Å². The number of amides is 1. The number of likely N-dealkylation sites (tertiary alicyclic amines) is 1. The number of carbonyl (C=O) groups is 1. The second kappa shape index (κ2) is 4.66. The molecule has 2 N–H and O–H groups in total. The summed E-state index contributed by atoms with van der Waals surface area (Å²) >= 11 is 0. The molecule has 2 aromatic rings. The van der Waals surface area contributed by atoms with Crippen LogP contribution in [-0.2, 0) is 4.79 Å². The van der Waals surface area contributed by atoms with E-state index in [0.717, 1.165) is 41.5 Å². The van der Waals surface area contributed by atoms with Gasteiger partial charge >= 0.3 is 0 Å². The minimum absolute atomic E-state index is 0.000512. The lowest BCUT2D eigenvalue weighted by molar-refractivity contribution is -0.119. The number of likely N-dealkylation sites (N-methyl/N-ethyl adjacent to an activating group) is 1. The zero-order chi connectivity index (χ0) is 13.4. The minimum atomic E-state index is -0.000512. The summed E-state index contributed by atoms with van der Waals surface area (Å²) in [6, 6.07) is 3.98. The number of nitrogens with one attached hydrogen (secondary N) is 2. The number of carbonyl (C=O) groups excluding carboxylic acids is 1. The average molecular weight is 258 g/mol. The molecule has 0 aliphatic carbocycles. The molecule has 1 aromatic carbocycles. The average Bonchev–Trinajstić information content (AvgIpc) is 2.98. The standard InChI is InChI=1S/C14H18N4O/c1-9-6-12-10(8-15-17-12)7-11(9)16-14(19)13-4-3-5-18(13)2/h6-8,13H,3-5H2,1-2H3,(H,15,17)(H,16,19)/t13-/m0/s1. The largest absolute Gasteiger partial charge is 0.324 e. The van der Waals surface area contributed by atoms with Gasteiger partial charge in [-0.05, 0) is 51.1 Å². The molecule has 0 spiro atoms. The quantitative estimate of drug-likeness (QED) is 0.865. The van der Waals surface area contributed by atoms with E-state index in [1.807, 2.05) is 26.1 Å². The van der Waals surface area contributed by atoms with E-state index in [9.17, 15) is 4.79 Å². The molecule has 1 amide bonds. The van der Waals surface area contributed by atoms with Crippen LogP contribution in [-0.4, -0.2) is 40.6 Å². The third kappa shape index (κ3) is 2.21. The summed E-state index contributed by atoms with van der Waals surface area (Å²) in [6.45, 7) is 2.99. The van der Waals surface area contributed by atoms with Gasteiger partial charge in [0.05, 0.1) is 17.8 Å². The van der Waals surface area contributed by atoms with Crippen LogP contribution in [0.3, 0.4) is 0 Å². The summed E-state index contributed by atoms with van der Waals surface area (Å²) in [5.41, 5.74) is 2.92. The highest BCUT2D eigenvalue weighted by Crippen LogP contribution is 2.23. The van der Waals surface area contributed by atoms with Crippen molar-refractivity contribution in [3.8, 4) is 0 Å². The molecule has 1 atom stereocenters. The van der Waals surface area contributed by atoms with Crippen molar-refractivity contribution in [3.63, 3.8) is 0 Å². The Morgan fingerprint density at radius 2 is 2.37 bits per heavy atom. The van der Waals surface area contributed by atoms with Gasteiger partial charge in [0.15, 0.2) is 0 Å². The molecule has 100 valence electrons. The molecule has 0 saturated carbocycles. The van der Waals surface area contributed by atoms with Crippen LogP contribution >= 0.6 is 0 Å². The van der Waals surface area contributed by atoms with Gasteiger partial charge in [0.25, 0.3) is 0 Å². The van der Waals surface area contributed by atoms with Crippen LogP contribution in [0.5, 0.6) is 0 Å². The molecule has 19 heavy (non-hydrogen) atoms. The smallest absolute Gasteiger partial charge is 0.241 e. The Morgan fingerprint density at radius 3 is 3.11 bits per heavy atom. The number of anilines is 1. The van der Waals surface area contributed by atoms with Gasteiger partial charge < -0.3 is 5.32 Å². The van der Waals surface area contributed by atoms with Crippen molar-refractivity contribution >= 4 is 22.5 Å². The number of aryl methyl sites for hydroxylation is 1. The molecule has 5 nitrogen and oxygen atoms in total. The van der Waals surface area contributed by atoms with Gasteiger partial charge in [0.2, 0.25) is 5.91 Å². The lowest BCUT2D eigenvalue weighted by Gasteiger charge is -2.19. The maximum absolute atomic E-state index is 12.3. The number of hydrogen-bond acceptors (Lipinski definition) is 3. The fourth-order valence-electron chi connectivity index (χ4n) is 2.69. The van der Waals surface area contributed by atoms with Crippen LogP contribution in [0.15, 0.2) is 18.3 Å². The number of aromatic nitrogens is 2. The Morgan fingerprint density at radius 1 is 1.53 bits per heavy atom. The van der Waals surface area contributed by atoms with Crippen molar-refractivity contribution in [3.05, 3.63) is 23.9 Å². The Labute approximate surface area is 112 Å². The maximum atomic E-state index is 12.3. The molecule has 0 bridgehead atoms. The Balaban J connectivity index is 1.84. The van der Waals surface area contributed by atoms with E-state index in [1.54, 1.807) is 6.20 Å². The number of H-pyrrole nitrogens is 1. The number of fused-ring (bicyclic) bond motifs is 1. The van der Waals surface area contributed by atoms with Crippen LogP contribution in [0, 0.1) is 6.92 Å². The summed E-state index contributed by atoms with van der Waals surface area (Å²) in [4.78, 5) is 14.4. The number of benzene rings is 1. The lowest BCUT2D eigenvalue weighted by Crippen LogP contribution is -2.37. The number of nitrogens with zero attached hydrogens (tertiary/aromatic N) is 2. The van der Waals surface area contributed by atoms with Gasteiger partial charge in [-0.3, -0.25) is 14.8 Å². The molecule has 2 heterocycles. The molecule has 1 aromatic heterocycles. The molecule has 0 radical (unpaired) electrons. The maximum Gasteiger partial charge on any atom is 0.241 e. The summed E-state index contributed by atoms with van der Waals surface area (Å²) < 4.78 is 0. The monoisotopic (exact) mass is 258 g/mol. The third-order valence-electron chi connectivity index (χ3n) is 3.87. The Bertz CT molecular complexity index is 619. The van der Waals surface area contributed by atoms with Crippen LogP contribution in [0.2, 0.25) is 0 Å². The fraction of sp³-hybridized carbons (Fsp3) is 0.429. The normalized spacial score (nSPS) is 20.0. The van der Waals surface area contributed by atoms with Crippen molar-refractivity contribution in [2.45, 2.75) is 25.8 Å². The summed E-state index contributed by atoms with van der Waals surface area (Å²) in [5.74, 6) is 0.0888. The van der Waals surface area contributed by atoms with Crippen LogP contribution in [0.4, 0.5) is 5.69 Å². The number of aromatic amines is 1. The van der Waals surface area contributed by atoms with Crippen molar-refractivity contribution in [1.82, 2.24) is 15.1 Å². The van der Waals surface area contributed by atoms with Crippen molar-refractivity contribution in [2.75, 3.05) is 18.9 Å². The van der Waals surface area contributed by atoms with Gasteiger partial charge in [-0.15, -0.1) is 0 Å². The zero-order valence-corrected chi connectivity index (χ0v) is 11.2. The highest BCUT2D eigenvalue weighted by atomic mass is 16.2. The van der Waals surface area contributed by atoms with Gasteiger partial charge in [-0.25, -0.2) is 0 Å². The first kappa shape index (κ1) is 12.2. The molecular weight excluding hydrogens is 240 g/mol. The lowest BCUT2D eigenvalue weighted by atomic mass is 10.1. The summed E-state index contributed by atoms with van der Waals surface area (Å²) in [6.07, 6.45) is 3.80. The third-order valence-corrected chi connectivity index (χ3v) is 3.87. The molecule has 1 aliphatic rings. The molecular formula is C14H18N4O. The Hall–Kier alpha value is -1.88. The highest BCUT2D eigenvalue weighted by Gasteiger charge is 2.27. The fourth-order valence-corrected chi connectivity index (χ4v) is 2.69. The SMILES string of the molecule is Cc1cc2[nH]ncc2cc1NC(=O)[C@@H]1CCCN1C. The molecule has 3 rings (SSSR count). The topological polar surface area (TPSA) is 61.0 Å². The van der Waals surface area contributed by atoms with E-state index in [2.05, 4.69) is 20.4 Å². The van der Waals surface area contributed by atoms with Crippen molar-refractivity contribution in [2.24, 2.45) is 0 Å². The molecule has 5 heteroatoms. The van der Waals surface area contributed by atoms with Gasteiger partial charge in [-0.2, -0.15) is 5.10 Å². The van der Waals surface area contributed by atoms with Crippen molar-refractivity contribution < 1.29 is 4.79 Å². The molecule has 1 saturated heterocycles. The van der Waals surface area contributed by atoms with Crippen LogP contribution in [0.1, 0.15) is 18.4 Å². The van der Waals surface area contributed by atoms with E-state index in [1.165, 1.54) is 0 Å². The molecule has 1 fully saturated rings. The number of hydrogen-bond donors (Lipinski definition) is 2. The Kier molecular flexibility index (Phi) is 2.98. The van der Waals surface area contributed by atoms with E-state index in [0.29, 0.717) is 0 Å². The minimum Gasteiger partial charge on any atom is -0.324 e. The second-order valence-electron chi connectivity index (χ2n) is 5.25. The van der Waals surface area contributed by atoms with E-state index in [4.69, 9.17) is 0 Å². The first-order chi connectivity index (χ1) is 9.15. The predicted molar refractivity (Wildman–Crippen MR) is 75.1 cm³/mol. The highest BCUT2D eigenvalue weighted by molar-refractivity contribution is 5.97. The molecule has 0 unspecified atom stereocenters. The first-order valence-electron chi connectivity index (χ1n) is 6.60. The predicted octanol–water partition coefficient (Wildman–Crippen LogP) is 1.90. The van der Waals surface area contributed by atoms with E-state index >= 15 is 0 Å². The van der Waals surface area contributed by atoms with Gasteiger partial charge in [-0.1, -0.05) is 0 Å². The van der Waals surface area contributed by atoms with Gasteiger partial charge in [0.1, 0.15) is 0 Å². The van der Waals surface area contributed by atoms with Crippen LogP contribution in [0.25, 0.3) is 10.9 Å².